The Morgan fingerprint density at radius 1 is 1.35 bits per heavy atom. The van der Waals surface area contributed by atoms with Crippen molar-refractivity contribution in [2.45, 2.75) is 30.6 Å². The van der Waals surface area contributed by atoms with Gasteiger partial charge in [0.2, 0.25) is 5.91 Å². The van der Waals surface area contributed by atoms with Crippen molar-refractivity contribution in [2.24, 2.45) is 5.92 Å². The molecule has 20 heavy (non-hydrogen) atoms. The standard InChI is InChI=1S/C15H17NO3S/c17-14-6-3-11-7-12(20-9-15(18)19)4-5-13(11)16(14)8-10-1-2-10/h4-5,7,10H,1-3,6,8-9H2,(H,18,19). The quantitative estimate of drug-likeness (QED) is 0.847. The molecule has 1 aromatic carbocycles. The summed E-state index contributed by atoms with van der Waals surface area (Å²) in [6.45, 7) is 0.841. The number of thioether (sulfide) groups is 1. The molecule has 0 atom stereocenters. The van der Waals surface area contributed by atoms with Crippen LogP contribution in [0.5, 0.6) is 0 Å². The van der Waals surface area contributed by atoms with E-state index in [1.54, 1.807) is 0 Å². The molecule has 1 aliphatic heterocycles. The molecule has 3 rings (SSSR count). The predicted octanol–water partition coefficient (Wildman–Crippen LogP) is 2.55. The average Bonchev–Trinajstić information content (AvgIpc) is 3.23. The molecule has 5 heteroatoms. The van der Waals surface area contributed by atoms with E-state index in [4.69, 9.17) is 5.11 Å². The predicted molar refractivity (Wildman–Crippen MR) is 78.2 cm³/mol. The molecule has 0 bridgehead atoms. The molecule has 1 fully saturated rings. The summed E-state index contributed by atoms with van der Waals surface area (Å²) >= 11 is 1.33. The van der Waals surface area contributed by atoms with Crippen molar-refractivity contribution in [3.8, 4) is 0 Å². The maximum absolute atomic E-state index is 12.1. The van der Waals surface area contributed by atoms with Gasteiger partial charge in [0.15, 0.2) is 0 Å². The summed E-state index contributed by atoms with van der Waals surface area (Å²) in [4.78, 5) is 25.6. The molecule has 0 radical (unpaired) electrons. The smallest absolute Gasteiger partial charge is 0.313 e. The summed E-state index contributed by atoms with van der Waals surface area (Å²) in [6, 6.07) is 5.93. The Morgan fingerprint density at radius 2 is 2.15 bits per heavy atom. The third-order valence-electron chi connectivity index (χ3n) is 3.75. The van der Waals surface area contributed by atoms with E-state index >= 15 is 0 Å². The Labute approximate surface area is 122 Å². The number of amides is 1. The van der Waals surface area contributed by atoms with Crippen molar-refractivity contribution < 1.29 is 14.7 Å². The molecule has 1 aromatic rings. The molecule has 1 N–H and O–H groups in total. The fourth-order valence-electron chi connectivity index (χ4n) is 2.53. The second-order valence-corrected chi connectivity index (χ2v) is 6.47. The van der Waals surface area contributed by atoms with Gasteiger partial charge >= 0.3 is 5.97 Å². The topological polar surface area (TPSA) is 57.6 Å². The lowest BCUT2D eigenvalue weighted by atomic mass is 10.0. The van der Waals surface area contributed by atoms with Crippen LogP contribution in [0.25, 0.3) is 0 Å². The lowest BCUT2D eigenvalue weighted by Gasteiger charge is -2.29. The number of carboxylic acids is 1. The SMILES string of the molecule is O=C(O)CSc1ccc2c(c1)CCC(=O)N2CC1CC1. The van der Waals surface area contributed by atoms with E-state index in [1.165, 1.54) is 30.2 Å². The van der Waals surface area contributed by atoms with Gasteiger partial charge in [0.25, 0.3) is 0 Å². The van der Waals surface area contributed by atoms with E-state index in [0.29, 0.717) is 12.3 Å². The Hall–Kier alpha value is -1.49. The Kier molecular flexibility index (Phi) is 3.70. The Bertz CT molecular complexity index is 554. The third kappa shape index (κ3) is 2.98. The van der Waals surface area contributed by atoms with E-state index in [9.17, 15) is 9.59 Å². The van der Waals surface area contributed by atoms with E-state index in [2.05, 4.69) is 0 Å². The van der Waals surface area contributed by atoms with Gasteiger partial charge in [-0.3, -0.25) is 9.59 Å². The normalized spacial score (nSPS) is 18.0. The van der Waals surface area contributed by atoms with Crippen LogP contribution >= 0.6 is 11.8 Å². The molecule has 2 aliphatic rings. The highest BCUT2D eigenvalue weighted by atomic mass is 32.2. The van der Waals surface area contributed by atoms with Crippen LogP contribution < -0.4 is 4.90 Å². The van der Waals surface area contributed by atoms with Crippen LogP contribution in [-0.4, -0.2) is 29.3 Å². The number of aliphatic carboxylic acids is 1. The summed E-state index contributed by atoms with van der Waals surface area (Å²) in [5, 5.41) is 8.72. The van der Waals surface area contributed by atoms with Gasteiger partial charge < -0.3 is 10.0 Å². The minimum absolute atomic E-state index is 0.0729. The zero-order valence-corrected chi connectivity index (χ0v) is 12.0. The number of carbonyl (C=O) groups excluding carboxylic acids is 1. The maximum Gasteiger partial charge on any atom is 0.313 e. The molecule has 0 saturated heterocycles. The Balaban J connectivity index is 1.79. The summed E-state index contributed by atoms with van der Waals surface area (Å²) in [7, 11) is 0. The molecule has 106 valence electrons. The van der Waals surface area contributed by atoms with Gasteiger partial charge in [-0.2, -0.15) is 0 Å². The van der Waals surface area contributed by atoms with Crippen LogP contribution in [0.15, 0.2) is 23.1 Å². The number of nitrogens with zero attached hydrogens (tertiary/aromatic N) is 1. The number of hydrogen-bond donors (Lipinski definition) is 1. The minimum Gasteiger partial charge on any atom is -0.481 e. The minimum atomic E-state index is -0.807. The van der Waals surface area contributed by atoms with Gasteiger partial charge in [0, 0.05) is 23.5 Å². The first-order valence-corrected chi connectivity index (χ1v) is 7.90. The van der Waals surface area contributed by atoms with Gasteiger partial charge in [-0.1, -0.05) is 0 Å². The number of rotatable bonds is 5. The highest BCUT2D eigenvalue weighted by Crippen LogP contribution is 2.36. The number of hydrogen-bond acceptors (Lipinski definition) is 3. The first kappa shape index (κ1) is 13.5. The molecule has 1 amide bonds. The summed E-state index contributed by atoms with van der Waals surface area (Å²) in [6.07, 6.45) is 3.78. The van der Waals surface area contributed by atoms with E-state index in [1.807, 2.05) is 23.1 Å². The van der Waals surface area contributed by atoms with Crippen molar-refractivity contribution in [3.63, 3.8) is 0 Å². The van der Waals surface area contributed by atoms with Crippen LogP contribution in [-0.2, 0) is 16.0 Å². The molecule has 0 unspecified atom stereocenters. The average molecular weight is 291 g/mol. The van der Waals surface area contributed by atoms with Gasteiger partial charge in [0.05, 0.1) is 5.75 Å². The van der Waals surface area contributed by atoms with Crippen molar-refractivity contribution >= 4 is 29.3 Å². The first-order valence-electron chi connectivity index (χ1n) is 6.91. The highest BCUT2D eigenvalue weighted by molar-refractivity contribution is 8.00. The summed E-state index contributed by atoms with van der Waals surface area (Å²) < 4.78 is 0. The largest absolute Gasteiger partial charge is 0.481 e. The first-order chi connectivity index (χ1) is 9.63. The fraction of sp³-hybridized carbons (Fsp3) is 0.467. The molecule has 0 spiro atoms. The highest BCUT2D eigenvalue weighted by Gasteiger charge is 2.30. The molecule has 1 saturated carbocycles. The molecular formula is C15H17NO3S. The van der Waals surface area contributed by atoms with Crippen LogP contribution in [0.3, 0.4) is 0 Å². The number of carbonyl (C=O) groups is 2. The number of fused-ring (bicyclic) bond motifs is 1. The lowest BCUT2D eigenvalue weighted by Crippen LogP contribution is -2.36. The number of carboxylic acid groups (broad SMARTS) is 1. The van der Waals surface area contributed by atoms with Crippen LogP contribution in [0, 0.1) is 5.92 Å². The third-order valence-corrected chi connectivity index (χ3v) is 4.73. The molecule has 1 heterocycles. The van der Waals surface area contributed by atoms with Crippen LogP contribution in [0.4, 0.5) is 5.69 Å². The van der Waals surface area contributed by atoms with Gasteiger partial charge in [-0.05, 0) is 48.9 Å². The number of benzene rings is 1. The van der Waals surface area contributed by atoms with Crippen molar-refractivity contribution in [3.05, 3.63) is 23.8 Å². The van der Waals surface area contributed by atoms with E-state index in [0.717, 1.165) is 23.5 Å². The number of aryl methyl sites for hydroxylation is 1. The molecule has 0 aromatic heterocycles. The van der Waals surface area contributed by atoms with E-state index < -0.39 is 5.97 Å². The van der Waals surface area contributed by atoms with E-state index in [-0.39, 0.29) is 11.7 Å². The van der Waals surface area contributed by atoms with Gasteiger partial charge in [0.1, 0.15) is 0 Å². The van der Waals surface area contributed by atoms with Crippen molar-refractivity contribution in [2.75, 3.05) is 17.2 Å². The van der Waals surface area contributed by atoms with Gasteiger partial charge in [-0.25, -0.2) is 0 Å². The summed E-state index contributed by atoms with van der Waals surface area (Å²) in [5.41, 5.74) is 2.19. The van der Waals surface area contributed by atoms with Crippen molar-refractivity contribution in [1.29, 1.82) is 0 Å². The fourth-order valence-corrected chi connectivity index (χ4v) is 3.21. The van der Waals surface area contributed by atoms with Crippen LogP contribution in [0.1, 0.15) is 24.8 Å². The second kappa shape index (κ2) is 5.48. The zero-order valence-electron chi connectivity index (χ0n) is 11.2. The lowest BCUT2D eigenvalue weighted by molar-refractivity contribution is -0.133. The number of anilines is 1. The zero-order chi connectivity index (χ0) is 14.1. The monoisotopic (exact) mass is 291 g/mol. The second-order valence-electron chi connectivity index (χ2n) is 5.42. The van der Waals surface area contributed by atoms with Crippen molar-refractivity contribution in [1.82, 2.24) is 0 Å². The Morgan fingerprint density at radius 3 is 2.85 bits per heavy atom. The molecule has 1 aliphatic carbocycles. The van der Waals surface area contributed by atoms with Crippen LogP contribution in [0.2, 0.25) is 0 Å². The molecule has 4 nitrogen and oxygen atoms in total. The van der Waals surface area contributed by atoms with Gasteiger partial charge in [-0.15, -0.1) is 11.8 Å². The summed E-state index contributed by atoms with van der Waals surface area (Å²) in [5.74, 6) is 0.156. The maximum atomic E-state index is 12.1. The molecular weight excluding hydrogens is 274 g/mol.